The molecule has 0 atom stereocenters. The van der Waals surface area contributed by atoms with Crippen LogP contribution in [-0.2, 0) is 13.2 Å². The molecule has 1 aromatic carbocycles. The van der Waals surface area contributed by atoms with Gasteiger partial charge in [0.2, 0.25) is 0 Å². The maximum atomic E-state index is 12.4. The molecule has 8 nitrogen and oxygen atoms in total. The number of amides is 1. The second kappa shape index (κ2) is 7.67. The standard InChI is InChI=1S/C20H21N5O3/c26-18(23-12-20(6-7-20)13-25-9-8-21-14-25)16-10-22-17(24-19(16)27)11-28-15-4-2-1-3-5-15/h1-5,8-10,14H,6-7,11-13H2,(H,23,26)(H,22,24,27). The monoisotopic (exact) mass is 379 g/mol. The predicted molar refractivity (Wildman–Crippen MR) is 102 cm³/mol. The topological polar surface area (TPSA) is 102 Å². The Morgan fingerprint density at radius 3 is 2.79 bits per heavy atom. The molecule has 1 aliphatic carbocycles. The summed E-state index contributed by atoms with van der Waals surface area (Å²) in [6, 6.07) is 9.24. The number of aromatic amines is 1. The van der Waals surface area contributed by atoms with E-state index in [1.165, 1.54) is 6.20 Å². The van der Waals surface area contributed by atoms with E-state index in [-0.39, 0.29) is 17.6 Å². The van der Waals surface area contributed by atoms with Gasteiger partial charge in [0.15, 0.2) is 0 Å². The van der Waals surface area contributed by atoms with E-state index in [9.17, 15) is 9.59 Å². The summed E-state index contributed by atoms with van der Waals surface area (Å²) in [4.78, 5) is 35.5. The Balaban J connectivity index is 1.33. The second-order valence-corrected chi connectivity index (χ2v) is 7.09. The van der Waals surface area contributed by atoms with Crippen molar-refractivity contribution in [2.24, 2.45) is 5.41 Å². The molecule has 0 saturated heterocycles. The van der Waals surface area contributed by atoms with E-state index in [2.05, 4.69) is 20.3 Å². The van der Waals surface area contributed by atoms with Gasteiger partial charge in [-0.2, -0.15) is 0 Å². The summed E-state index contributed by atoms with van der Waals surface area (Å²) in [5, 5.41) is 2.87. The van der Waals surface area contributed by atoms with Gasteiger partial charge in [-0.1, -0.05) is 18.2 Å². The molecule has 0 spiro atoms. The predicted octanol–water partition coefficient (Wildman–Crippen LogP) is 1.76. The zero-order chi connectivity index (χ0) is 19.4. The van der Waals surface area contributed by atoms with Crippen LogP contribution in [0.4, 0.5) is 0 Å². The maximum Gasteiger partial charge on any atom is 0.263 e. The van der Waals surface area contributed by atoms with Gasteiger partial charge in [-0.25, -0.2) is 9.97 Å². The van der Waals surface area contributed by atoms with E-state index < -0.39 is 11.5 Å². The van der Waals surface area contributed by atoms with E-state index >= 15 is 0 Å². The Bertz CT molecular complexity index is 994. The average molecular weight is 379 g/mol. The molecule has 4 rings (SSSR count). The lowest BCUT2D eigenvalue weighted by Crippen LogP contribution is -2.35. The van der Waals surface area contributed by atoms with Crippen molar-refractivity contribution in [1.29, 1.82) is 0 Å². The third-order valence-electron chi connectivity index (χ3n) is 4.87. The van der Waals surface area contributed by atoms with Crippen LogP contribution in [0.2, 0.25) is 0 Å². The van der Waals surface area contributed by atoms with Crippen LogP contribution in [0.1, 0.15) is 29.0 Å². The number of carbonyl (C=O) groups excluding carboxylic acids is 1. The largest absolute Gasteiger partial charge is 0.486 e. The highest BCUT2D eigenvalue weighted by Gasteiger charge is 2.43. The van der Waals surface area contributed by atoms with Crippen molar-refractivity contribution in [2.45, 2.75) is 26.0 Å². The van der Waals surface area contributed by atoms with Crippen LogP contribution >= 0.6 is 0 Å². The van der Waals surface area contributed by atoms with E-state index in [0.29, 0.717) is 18.1 Å². The first-order valence-electron chi connectivity index (χ1n) is 9.14. The quantitative estimate of drug-likeness (QED) is 0.621. The van der Waals surface area contributed by atoms with Gasteiger partial charge in [0.05, 0.1) is 6.33 Å². The Hall–Kier alpha value is -3.42. The Kier molecular flexibility index (Phi) is 4.92. The molecule has 1 amide bonds. The molecule has 0 aliphatic heterocycles. The summed E-state index contributed by atoms with van der Waals surface area (Å²) < 4.78 is 7.57. The highest BCUT2D eigenvalue weighted by molar-refractivity contribution is 5.93. The van der Waals surface area contributed by atoms with E-state index in [4.69, 9.17) is 4.74 Å². The van der Waals surface area contributed by atoms with Gasteiger partial charge in [-0.15, -0.1) is 0 Å². The van der Waals surface area contributed by atoms with E-state index in [1.54, 1.807) is 12.5 Å². The van der Waals surface area contributed by atoms with Crippen LogP contribution in [-0.4, -0.2) is 32.0 Å². The third kappa shape index (κ3) is 4.28. The summed E-state index contributed by atoms with van der Waals surface area (Å²) in [5.41, 5.74) is -0.430. The molecule has 144 valence electrons. The van der Waals surface area contributed by atoms with E-state index in [0.717, 1.165) is 19.4 Å². The lowest BCUT2D eigenvalue weighted by atomic mass is 10.1. The number of ether oxygens (including phenoxy) is 1. The number of hydrogen-bond acceptors (Lipinski definition) is 5. The van der Waals surface area contributed by atoms with Crippen molar-refractivity contribution in [3.8, 4) is 5.75 Å². The number of benzene rings is 1. The molecular weight excluding hydrogens is 358 g/mol. The summed E-state index contributed by atoms with van der Waals surface area (Å²) in [7, 11) is 0. The zero-order valence-electron chi connectivity index (χ0n) is 15.3. The van der Waals surface area contributed by atoms with Gasteiger partial charge in [-0.05, 0) is 25.0 Å². The highest BCUT2D eigenvalue weighted by Crippen LogP contribution is 2.46. The first-order chi connectivity index (χ1) is 13.6. The van der Waals surface area contributed by atoms with Gasteiger partial charge in [-0.3, -0.25) is 9.59 Å². The number of nitrogens with one attached hydrogen (secondary N) is 2. The van der Waals surface area contributed by atoms with Crippen molar-refractivity contribution in [3.05, 3.63) is 77.0 Å². The third-order valence-corrected chi connectivity index (χ3v) is 4.87. The molecule has 28 heavy (non-hydrogen) atoms. The average Bonchev–Trinajstić information content (AvgIpc) is 3.28. The molecule has 0 radical (unpaired) electrons. The fourth-order valence-corrected chi connectivity index (χ4v) is 3.03. The van der Waals surface area contributed by atoms with Gasteiger partial charge in [0.25, 0.3) is 11.5 Å². The fourth-order valence-electron chi connectivity index (χ4n) is 3.03. The first kappa shape index (κ1) is 18.0. The molecule has 1 fully saturated rings. The van der Waals surface area contributed by atoms with Gasteiger partial charge in [0, 0.05) is 37.1 Å². The molecular formula is C20H21N5O3. The van der Waals surface area contributed by atoms with Crippen LogP contribution < -0.4 is 15.6 Å². The van der Waals surface area contributed by atoms with Crippen LogP contribution in [0.15, 0.2) is 60.0 Å². The maximum absolute atomic E-state index is 12.4. The number of nitrogens with zero attached hydrogens (tertiary/aromatic N) is 3. The lowest BCUT2D eigenvalue weighted by Gasteiger charge is -2.16. The first-order valence-corrected chi connectivity index (χ1v) is 9.14. The minimum atomic E-state index is -0.474. The number of hydrogen-bond donors (Lipinski definition) is 2. The normalized spacial score (nSPS) is 14.4. The molecule has 1 saturated carbocycles. The molecule has 2 aromatic heterocycles. The lowest BCUT2D eigenvalue weighted by molar-refractivity contribution is 0.0940. The fraction of sp³-hybridized carbons (Fsp3) is 0.300. The van der Waals surface area contributed by atoms with Crippen LogP contribution in [0.25, 0.3) is 0 Å². The van der Waals surface area contributed by atoms with Crippen molar-refractivity contribution in [1.82, 2.24) is 24.8 Å². The SMILES string of the molecule is O=C(NCC1(Cn2ccnc2)CC1)c1cnc(COc2ccccc2)[nH]c1=O. The molecule has 2 heterocycles. The number of para-hydroxylation sites is 1. The Morgan fingerprint density at radius 2 is 2.11 bits per heavy atom. The van der Waals surface area contributed by atoms with Crippen molar-refractivity contribution >= 4 is 5.91 Å². The highest BCUT2D eigenvalue weighted by atomic mass is 16.5. The number of imidazole rings is 1. The van der Waals surface area contributed by atoms with E-state index in [1.807, 2.05) is 41.1 Å². The number of rotatable bonds is 8. The number of H-pyrrole nitrogens is 1. The molecule has 8 heteroatoms. The molecule has 2 N–H and O–H groups in total. The molecule has 0 bridgehead atoms. The van der Waals surface area contributed by atoms with Crippen molar-refractivity contribution in [3.63, 3.8) is 0 Å². The Labute approximate surface area is 161 Å². The minimum Gasteiger partial charge on any atom is -0.486 e. The van der Waals surface area contributed by atoms with Crippen LogP contribution in [0.5, 0.6) is 5.75 Å². The van der Waals surface area contributed by atoms with Crippen LogP contribution in [0.3, 0.4) is 0 Å². The summed E-state index contributed by atoms with van der Waals surface area (Å²) in [6.07, 6.45) is 8.79. The summed E-state index contributed by atoms with van der Waals surface area (Å²) in [6.45, 7) is 1.44. The number of carbonyl (C=O) groups is 1. The molecule has 3 aromatic rings. The zero-order valence-corrected chi connectivity index (χ0v) is 15.3. The van der Waals surface area contributed by atoms with Gasteiger partial charge < -0.3 is 19.6 Å². The second-order valence-electron chi connectivity index (χ2n) is 7.09. The summed E-state index contributed by atoms with van der Waals surface area (Å²) in [5.74, 6) is 0.630. The van der Waals surface area contributed by atoms with Crippen LogP contribution in [0, 0.1) is 5.41 Å². The smallest absolute Gasteiger partial charge is 0.263 e. The Morgan fingerprint density at radius 1 is 1.29 bits per heavy atom. The van der Waals surface area contributed by atoms with Gasteiger partial charge >= 0.3 is 0 Å². The molecule has 0 unspecified atom stereocenters. The summed E-state index contributed by atoms with van der Waals surface area (Å²) >= 11 is 0. The minimum absolute atomic E-state index is 0.00175. The van der Waals surface area contributed by atoms with Gasteiger partial charge in [0.1, 0.15) is 23.7 Å². The molecule has 1 aliphatic rings. The van der Waals surface area contributed by atoms with Crippen molar-refractivity contribution < 1.29 is 9.53 Å². The van der Waals surface area contributed by atoms with Crippen molar-refractivity contribution in [2.75, 3.05) is 6.54 Å². The number of aromatic nitrogens is 4.